The van der Waals surface area contributed by atoms with Crippen molar-refractivity contribution in [1.29, 1.82) is 0 Å². The minimum absolute atomic E-state index is 0.0186. The molecule has 8 aliphatic heterocycles. The smallest absolute Gasteiger partial charge is 0.281 e. The number of alkyl halides is 2. The van der Waals surface area contributed by atoms with Gasteiger partial charge in [0.25, 0.3) is 5.56 Å². The molecule has 8 unspecified atom stereocenters. The Bertz CT molecular complexity index is 4170. The van der Waals surface area contributed by atoms with Crippen molar-refractivity contribution in [2.75, 3.05) is 62.2 Å². The summed E-state index contributed by atoms with van der Waals surface area (Å²) >= 11 is 21.1. The molecule has 0 spiro atoms. The monoisotopic (exact) mass is 1220 g/mol. The van der Waals surface area contributed by atoms with E-state index in [0.29, 0.717) is 102 Å². The number of aromatic nitrogens is 3. The lowest BCUT2D eigenvalue weighted by Crippen LogP contribution is -2.51. The Labute approximate surface area is 511 Å². The van der Waals surface area contributed by atoms with Crippen LogP contribution in [0.2, 0.25) is 10.0 Å². The number of pyridine rings is 3. The van der Waals surface area contributed by atoms with Crippen molar-refractivity contribution < 1.29 is 28.1 Å². The van der Waals surface area contributed by atoms with Crippen LogP contribution in [-0.4, -0.2) is 134 Å². The second kappa shape index (κ2) is 20.4. The number of phenolic OH excluding ortho intramolecular Hbond substituents is 2. The molecule has 8 atom stereocenters. The average Bonchev–Trinajstić information content (AvgIpc) is 1.17. The first-order valence-electron chi connectivity index (χ1n) is 30.6. The van der Waals surface area contributed by atoms with Gasteiger partial charge < -0.3 is 35.4 Å². The van der Waals surface area contributed by atoms with E-state index in [9.17, 15) is 10.2 Å². The summed E-state index contributed by atoms with van der Waals surface area (Å²) in [5, 5.41) is 31.8. The summed E-state index contributed by atoms with van der Waals surface area (Å²) in [6.07, 6.45) is 12.9. The van der Waals surface area contributed by atoms with Gasteiger partial charge in [0.1, 0.15) is 51.7 Å². The molecule has 11 heterocycles. The molecule has 0 radical (unpaired) electrons. The number of aromatic hydroxyl groups is 2. The molecule has 9 aliphatic rings. The van der Waals surface area contributed by atoms with Crippen LogP contribution in [0.25, 0.3) is 55.0 Å². The van der Waals surface area contributed by atoms with Crippen molar-refractivity contribution >= 4 is 84.3 Å². The summed E-state index contributed by atoms with van der Waals surface area (Å²) < 4.78 is 58.4. The second-order valence-electron chi connectivity index (χ2n) is 26.1. The molecule has 1 aliphatic carbocycles. The number of hydrogen-bond donors (Lipinski definition) is 4. The lowest BCUT2D eigenvalue weighted by atomic mass is 9.78. The molecule has 13 nitrogen and oxygen atoms in total. The number of halogens is 6. The van der Waals surface area contributed by atoms with Crippen molar-refractivity contribution in [3.63, 3.8) is 0 Å². The minimum Gasteiger partial charge on any atom is -0.508 e. The van der Waals surface area contributed by atoms with Crippen LogP contribution in [0.15, 0.2) is 77.7 Å². The highest BCUT2D eigenvalue weighted by Gasteiger charge is 2.53. The molecule has 3 aromatic heterocycles. The number of benzene rings is 4. The van der Waals surface area contributed by atoms with Gasteiger partial charge in [-0.25, -0.2) is 23.1 Å². The molecule has 8 fully saturated rings. The Morgan fingerprint density at radius 1 is 0.756 bits per heavy atom. The van der Waals surface area contributed by atoms with E-state index in [0.717, 1.165) is 95.3 Å². The first-order chi connectivity index (χ1) is 41.5. The van der Waals surface area contributed by atoms with Crippen molar-refractivity contribution in [1.82, 2.24) is 35.0 Å². The normalized spacial score (nSPS) is 28.3. The number of ether oxygens (including phenoxy) is 1. The molecule has 86 heavy (non-hydrogen) atoms. The van der Waals surface area contributed by atoms with Gasteiger partial charge in [-0.3, -0.25) is 19.2 Å². The Kier molecular flexibility index (Phi) is 13.0. The van der Waals surface area contributed by atoms with Gasteiger partial charge in [0.05, 0.1) is 32.5 Å². The highest BCUT2D eigenvalue weighted by Crippen LogP contribution is 2.54. The number of nitrogens with zero attached hydrogens (tertiary/aromatic N) is 7. The van der Waals surface area contributed by atoms with Crippen LogP contribution in [-0.2, 0) is 4.87 Å². The van der Waals surface area contributed by atoms with Gasteiger partial charge in [-0.15, -0.1) is 11.6 Å². The number of allylic oxidation sites excluding steroid dienone is 1. The largest absolute Gasteiger partial charge is 0.508 e. The maximum atomic E-state index is 17.8. The quantitative estimate of drug-likeness (QED) is 0.0852. The van der Waals surface area contributed by atoms with E-state index in [2.05, 4.69) is 42.1 Å². The topological polar surface area (TPSA) is 134 Å². The molecular weight excluding hydrogens is 1160 g/mol. The summed E-state index contributed by atoms with van der Waals surface area (Å²) in [7, 11) is 0. The van der Waals surface area contributed by atoms with Gasteiger partial charge in [-0.05, 0) is 174 Å². The molecule has 8 saturated heterocycles. The zero-order chi connectivity index (χ0) is 58.7. The van der Waals surface area contributed by atoms with Crippen LogP contribution in [0.1, 0.15) is 101 Å². The van der Waals surface area contributed by atoms with E-state index >= 15 is 18.0 Å². The van der Waals surface area contributed by atoms with E-state index in [1.54, 1.807) is 31.3 Å². The first-order valence-corrected chi connectivity index (χ1v) is 31.8. The van der Waals surface area contributed by atoms with Crippen LogP contribution >= 0.6 is 34.8 Å². The van der Waals surface area contributed by atoms with E-state index in [4.69, 9.17) is 49.5 Å². The Morgan fingerprint density at radius 2 is 1.43 bits per heavy atom. The molecule has 444 valence electrons. The first kappa shape index (κ1) is 55.1. The van der Waals surface area contributed by atoms with E-state index in [-0.39, 0.29) is 78.4 Å². The molecule has 4 aromatic carbocycles. The van der Waals surface area contributed by atoms with Crippen LogP contribution in [0.5, 0.6) is 17.4 Å². The summed E-state index contributed by atoms with van der Waals surface area (Å²) in [5.74, 6) is 5.75. The summed E-state index contributed by atoms with van der Waals surface area (Å²) in [4.78, 5) is 33.2. The number of fused-ring (bicyclic) bond motifs is 10. The van der Waals surface area contributed by atoms with Crippen molar-refractivity contribution in [3.05, 3.63) is 122 Å². The predicted octanol–water partition coefficient (Wildman–Crippen LogP) is 11.9. The fraction of sp³-hybridized carbons (Fsp3) is 0.448. The fourth-order valence-corrected chi connectivity index (χ4v) is 17.8. The van der Waals surface area contributed by atoms with Gasteiger partial charge in [0.15, 0.2) is 5.82 Å². The third kappa shape index (κ3) is 8.74. The maximum Gasteiger partial charge on any atom is 0.281 e. The van der Waals surface area contributed by atoms with E-state index in [1.165, 1.54) is 34.9 Å². The molecule has 16 rings (SSSR count). The van der Waals surface area contributed by atoms with Gasteiger partial charge in [0, 0.05) is 114 Å². The highest BCUT2D eigenvalue weighted by molar-refractivity contribution is 6.38. The summed E-state index contributed by atoms with van der Waals surface area (Å²) in [6.45, 7) is 7.82. The number of rotatable bonds is 8. The zero-order valence-electron chi connectivity index (χ0n) is 47.6. The number of nitrogens with one attached hydrogen (secondary N) is 2. The third-order valence-corrected chi connectivity index (χ3v) is 22.1. The Hall–Kier alpha value is -6.29. The molecule has 0 amide bonds. The van der Waals surface area contributed by atoms with E-state index < -0.39 is 33.8 Å². The number of phenols is 2. The molecule has 7 aromatic rings. The Balaban J connectivity index is 0.776. The average molecular weight is 1220 g/mol. The van der Waals surface area contributed by atoms with Crippen molar-refractivity contribution in [2.45, 2.75) is 136 Å². The van der Waals surface area contributed by atoms with Crippen LogP contribution in [0, 0.1) is 23.5 Å². The Morgan fingerprint density at radius 3 is 2.15 bits per heavy atom. The highest BCUT2D eigenvalue weighted by atomic mass is 35.5. The SMILES string of the molecule is CC1(Cl)c2c(cc(O)cc2-n2ccc3c(N4CC5CCC(C4)N5)cc(OCC45CCCN4CCC5)nc3c2=O)C(C2CCC3(C#Cc4cc(N5CC6CCC(C5)N6)c5cc(Cl)c(-c6cc(O)cc7ccc(F)c(Cl)c67)c(F)c5n4)CCCN23)=CC1F. The maximum absolute atomic E-state index is 17.8. The molecule has 0 saturated carbocycles. The summed E-state index contributed by atoms with van der Waals surface area (Å²) in [6, 6.07) is 16.9. The van der Waals surface area contributed by atoms with Crippen molar-refractivity contribution in [2.24, 2.45) is 0 Å². The second-order valence-corrected chi connectivity index (χ2v) is 27.6. The standard InChI is InChI=1S/C67H65Cl3F3N9O4/c1-65(70)55(72)29-45(46-25-43(84)27-54(59(46)65)81-22-13-44-53(79-33-40-8-9-41(34-79)75-40)30-56(77-63(44)64(81)85)86-35-67-15-2-19-80(67)20-3-16-67)51-12-18-66(14-4-21-82(51)66)17-11-37-24-52(78-31-38-6-7-39(32-78)74-38)47-28-49(68)58(61(73)62(47)76-37)48-26-42(83)23-36-5-10-50(71)60(69)57(36)48/h5,10,13,22-30,38-41,51,55,74-75,83-84H,2-4,6-9,12,14-16,18-21,31-35H2,1H3. The van der Waals surface area contributed by atoms with Gasteiger partial charge in [-0.2, -0.15) is 0 Å². The van der Waals surface area contributed by atoms with Crippen LogP contribution < -0.4 is 30.7 Å². The number of piperazine rings is 2. The molecular formula is C67H65Cl3F3N9O4. The third-order valence-electron chi connectivity index (χ3n) is 21.0. The summed E-state index contributed by atoms with van der Waals surface area (Å²) in [5.41, 5.74) is 2.97. The lowest BCUT2D eigenvalue weighted by Gasteiger charge is -2.39. The predicted molar refractivity (Wildman–Crippen MR) is 333 cm³/mol. The van der Waals surface area contributed by atoms with Gasteiger partial charge in [0.2, 0.25) is 5.88 Å². The fourth-order valence-electron chi connectivity index (χ4n) is 17.0. The lowest BCUT2D eigenvalue weighted by molar-refractivity contribution is 0.111. The minimum atomic E-state index is -1.69. The number of anilines is 2. The van der Waals surface area contributed by atoms with Crippen molar-refractivity contribution in [3.8, 4) is 46.0 Å². The van der Waals surface area contributed by atoms with Crippen LogP contribution in [0.4, 0.5) is 24.5 Å². The molecule has 4 bridgehead atoms. The zero-order valence-corrected chi connectivity index (χ0v) is 49.9. The molecule has 4 N–H and O–H groups in total. The number of hydrogen-bond acceptors (Lipinski definition) is 12. The van der Waals surface area contributed by atoms with Gasteiger partial charge >= 0.3 is 0 Å². The van der Waals surface area contributed by atoms with Crippen LogP contribution in [0.3, 0.4) is 0 Å². The van der Waals surface area contributed by atoms with E-state index in [1.807, 2.05) is 18.2 Å². The molecule has 19 heteroatoms. The van der Waals surface area contributed by atoms with Gasteiger partial charge in [-0.1, -0.05) is 35.2 Å².